The number of benzene rings is 1. The molecule has 148 valence electrons. The van der Waals surface area contributed by atoms with E-state index in [0.717, 1.165) is 11.0 Å². The van der Waals surface area contributed by atoms with E-state index in [2.05, 4.69) is 14.7 Å². The molecule has 0 aliphatic carbocycles. The predicted molar refractivity (Wildman–Crippen MR) is 90.9 cm³/mol. The van der Waals surface area contributed by atoms with Crippen molar-refractivity contribution in [2.24, 2.45) is 5.41 Å². The van der Waals surface area contributed by atoms with E-state index in [1.807, 2.05) is 0 Å². The standard InChI is InChI=1S/C18H16F3N3O4/c1-10-4-5-12(6-13(10)28-18(19,20)21)27-16-22-8-11(9-23-16)24-14(25)7-17(2,3)15(24)26/h4-6,8-9H,7H2,1-3H3. The van der Waals surface area contributed by atoms with Gasteiger partial charge in [0.25, 0.3) is 0 Å². The van der Waals surface area contributed by atoms with Gasteiger partial charge in [0, 0.05) is 12.5 Å². The normalized spacial score (nSPS) is 16.4. The van der Waals surface area contributed by atoms with Gasteiger partial charge in [0.1, 0.15) is 11.5 Å². The van der Waals surface area contributed by atoms with E-state index in [9.17, 15) is 22.8 Å². The lowest BCUT2D eigenvalue weighted by molar-refractivity contribution is -0.274. The van der Waals surface area contributed by atoms with Crippen molar-refractivity contribution in [3.63, 3.8) is 0 Å². The molecule has 2 heterocycles. The molecule has 28 heavy (non-hydrogen) atoms. The van der Waals surface area contributed by atoms with Crippen LogP contribution < -0.4 is 14.4 Å². The highest BCUT2D eigenvalue weighted by Crippen LogP contribution is 2.35. The largest absolute Gasteiger partial charge is 0.573 e. The summed E-state index contributed by atoms with van der Waals surface area (Å²) < 4.78 is 46.6. The maximum atomic E-state index is 12.4. The average molecular weight is 395 g/mol. The van der Waals surface area contributed by atoms with Crippen LogP contribution >= 0.6 is 0 Å². The van der Waals surface area contributed by atoms with Gasteiger partial charge < -0.3 is 9.47 Å². The summed E-state index contributed by atoms with van der Waals surface area (Å²) in [5, 5.41) is 0. The Labute approximate surface area is 158 Å². The summed E-state index contributed by atoms with van der Waals surface area (Å²) in [5.74, 6) is -1.09. The van der Waals surface area contributed by atoms with E-state index in [-0.39, 0.29) is 41.2 Å². The molecule has 1 aromatic heterocycles. The molecule has 0 atom stereocenters. The van der Waals surface area contributed by atoms with Crippen LogP contribution in [-0.4, -0.2) is 28.1 Å². The van der Waals surface area contributed by atoms with Crippen molar-refractivity contribution in [3.05, 3.63) is 36.2 Å². The number of hydrogen-bond donors (Lipinski definition) is 0. The van der Waals surface area contributed by atoms with Crippen LogP contribution in [-0.2, 0) is 9.59 Å². The maximum Gasteiger partial charge on any atom is 0.573 e. The Bertz CT molecular complexity index is 927. The number of imide groups is 1. The second-order valence-electron chi connectivity index (χ2n) is 6.90. The molecule has 1 aliphatic rings. The summed E-state index contributed by atoms with van der Waals surface area (Å²) in [4.78, 5) is 33.2. The van der Waals surface area contributed by atoms with Gasteiger partial charge >= 0.3 is 12.4 Å². The van der Waals surface area contributed by atoms with Crippen LogP contribution in [0.3, 0.4) is 0 Å². The van der Waals surface area contributed by atoms with Crippen LogP contribution in [0, 0.1) is 12.3 Å². The van der Waals surface area contributed by atoms with Gasteiger partial charge in [-0.15, -0.1) is 13.2 Å². The third kappa shape index (κ3) is 4.05. The number of aryl methyl sites for hydroxylation is 1. The average Bonchev–Trinajstić information content (AvgIpc) is 2.78. The second-order valence-corrected chi connectivity index (χ2v) is 6.90. The van der Waals surface area contributed by atoms with Crippen molar-refractivity contribution in [3.8, 4) is 17.5 Å². The summed E-state index contributed by atoms with van der Waals surface area (Å²) in [6.07, 6.45) is -2.28. The minimum absolute atomic E-state index is 0.0343. The molecule has 0 bridgehead atoms. The van der Waals surface area contributed by atoms with Crippen molar-refractivity contribution in [2.75, 3.05) is 4.90 Å². The third-order valence-corrected chi connectivity index (χ3v) is 4.09. The molecule has 2 aromatic rings. The van der Waals surface area contributed by atoms with Crippen molar-refractivity contribution < 1.29 is 32.2 Å². The molecular formula is C18H16F3N3O4. The Morgan fingerprint density at radius 3 is 2.32 bits per heavy atom. The first kappa shape index (κ1) is 19.6. The highest BCUT2D eigenvalue weighted by molar-refractivity contribution is 6.22. The molecule has 1 aliphatic heterocycles. The molecule has 1 aromatic carbocycles. The number of carbonyl (C=O) groups is 2. The van der Waals surface area contributed by atoms with E-state index < -0.39 is 17.5 Å². The van der Waals surface area contributed by atoms with Crippen LogP contribution in [0.25, 0.3) is 0 Å². The zero-order valence-corrected chi connectivity index (χ0v) is 15.2. The molecule has 1 saturated heterocycles. The number of halogens is 3. The topological polar surface area (TPSA) is 81.6 Å². The first-order valence-electron chi connectivity index (χ1n) is 8.20. The van der Waals surface area contributed by atoms with E-state index in [4.69, 9.17) is 4.74 Å². The van der Waals surface area contributed by atoms with E-state index in [1.54, 1.807) is 13.8 Å². The lowest BCUT2D eigenvalue weighted by atomic mass is 9.92. The first-order valence-corrected chi connectivity index (χ1v) is 8.20. The number of aromatic nitrogens is 2. The summed E-state index contributed by atoms with van der Waals surface area (Å²) in [6.45, 7) is 4.80. The second kappa shape index (κ2) is 6.77. The minimum atomic E-state index is -4.83. The van der Waals surface area contributed by atoms with Gasteiger partial charge in [-0.3, -0.25) is 9.59 Å². The molecule has 0 spiro atoms. The molecule has 7 nitrogen and oxygen atoms in total. The third-order valence-electron chi connectivity index (χ3n) is 4.09. The number of nitrogens with zero attached hydrogens (tertiary/aromatic N) is 3. The van der Waals surface area contributed by atoms with Crippen molar-refractivity contribution >= 4 is 17.5 Å². The monoisotopic (exact) mass is 395 g/mol. The van der Waals surface area contributed by atoms with Gasteiger partial charge in [-0.05, 0) is 18.6 Å². The first-order chi connectivity index (χ1) is 13.0. The van der Waals surface area contributed by atoms with Gasteiger partial charge in [0.15, 0.2) is 0 Å². The van der Waals surface area contributed by atoms with Gasteiger partial charge in [-0.25, -0.2) is 14.9 Å². The zero-order chi connectivity index (χ0) is 20.7. The summed E-state index contributed by atoms with van der Waals surface area (Å²) >= 11 is 0. The van der Waals surface area contributed by atoms with Crippen LogP contribution in [0.5, 0.6) is 17.5 Å². The molecule has 3 rings (SSSR count). The fourth-order valence-corrected chi connectivity index (χ4v) is 2.67. The molecule has 0 N–H and O–H groups in total. The number of rotatable bonds is 4. The Balaban J connectivity index is 1.78. The van der Waals surface area contributed by atoms with E-state index in [1.165, 1.54) is 31.5 Å². The quantitative estimate of drug-likeness (QED) is 0.733. The van der Waals surface area contributed by atoms with Crippen molar-refractivity contribution in [2.45, 2.75) is 33.6 Å². The lowest BCUT2D eigenvalue weighted by Gasteiger charge is -2.17. The van der Waals surface area contributed by atoms with Gasteiger partial charge in [0.2, 0.25) is 11.8 Å². The number of anilines is 1. The highest BCUT2D eigenvalue weighted by Gasteiger charge is 2.45. The van der Waals surface area contributed by atoms with Gasteiger partial charge in [-0.2, -0.15) is 0 Å². The Kier molecular flexibility index (Phi) is 4.74. The molecular weight excluding hydrogens is 379 g/mol. The number of carbonyl (C=O) groups excluding carboxylic acids is 2. The summed E-state index contributed by atoms with van der Waals surface area (Å²) in [5.41, 5.74) is -0.337. The molecule has 1 fully saturated rings. The fourth-order valence-electron chi connectivity index (χ4n) is 2.67. The van der Waals surface area contributed by atoms with E-state index in [0.29, 0.717) is 0 Å². The lowest BCUT2D eigenvalue weighted by Crippen LogP contribution is -2.33. The number of amides is 2. The molecule has 10 heteroatoms. The fraction of sp³-hybridized carbons (Fsp3) is 0.333. The SMILES string of the molecule is Cc1ccc(Oc2ncc(N3C(=O)CC(C)(C)C3=O)cn2)cc1OC(F)(F)F. The number of ether oxygens (including phenoxy) is 2. The molecule has 0 unspecified atom stereocenters. The summed E-state index contributed by atoms with van der Waals surface area (Å²) in [7, 11) is 0. The van der Waals surface area contributed by atoms with Crippen molar-refractivity contribution in [1.82, 2.24) is 9.97 Å². The smallest absolute Gasteiger partial charge is 0.424 e. The van der Waals surface area contributed by atoms with Crippen LogP contribution in [0.1, 0.15) is 25.8 Å². The summed E-state index contributed by atoms with van der Waals surface area (Å²) in [6, 6.07) is 3.74. The van der Waals surface area contributed by atoms with Gasteiger partial charge in [0.05, 0.1) is 23.5 Å². The molecule has 0 radical (unpaired) electrons. The molecule has 0 saturated carbocycles. The Hall–Kier alpha value is -3.17. The minimum Gasteiger partial charge on any atom is -0.424 e. The number of hydrogen-bond acceptors (Lipinski definition) is 6. The Morgan fingerprint density at radius 2 is 1.79 bits per heavy atom. The Morgan fingerprint density at radius 1 is 1.14 bits per heavy atom. The highest BCUT2D eigenvalue weighted by atomic mass is 19.4. The van der Waals surface area contributed by atoms with Crippen molar-refractivity contribution in [1.29, 1.82) is 0 Å². The molecule has 2 amide bonds. The van der Waals surface area contributed by atoms with Crippen LogP contribution in [0.4, 0.5) is 18.9 Å². The van der Waals surface area contributed by atoms with E-state index >= 15 is 0 Å². The van der Waals surface area contributed by atoms with Gasteiger partial charge in [-0.1, -0.05) is 19.9 Å². The maximum absolute atomic E-state index is 12.4. The zero-order valence-electron chi connectivity index (χ0n) is 15.2. The number of alkyl halides is 3. The van der Waals surface area contributed by atoms with Crippen LogP contribution in [0.2, 0.25) is 0 Å². The van der Waals surface area contributed by atoms with Crippen LogP contribution in [0.15, 0.2) is 30.6 Å². The predicted octanol–water partition coefficient (Wildman–Crippen LogP) is 3.77.